The SMILES string of the molecule is [c]1ccccc1-c1cccc(-c2ccccn2)n1. The quantitative estimate of drug-likeness (QED) is 0.673. The van der Waals surface area contributed by atoms with Crippen LogP contribution in [0.2, 0.25) is 0 Å². The minimum Gasteiger partial charge on any atom is -0.255 e. The monoisotopic (exact) mass is 231 g/mol. The lowest BCUT2D eigenvalue weighted by atomic mass is 10.1. The number of hydrogen-bond acceptors (Lipinski definition) is 2. The van der Waals surface area contributed by atoms with Gasteiger partial charge in [0.25, 0.3) is 0 Å². The summed E-state index contributed by atoms with van der Waals surface area (Å²) in [5, 5.41) is 0. The van der Waals surface area contributed by atoms with E-state index >= 15 is 0 Å². The van der Waals surface area contributed by atoms with E-state index in [2.05, 4.69) is 16.0 Å². The van der Waals surface area contributed by atoms with Crippen molar-refractivity contribution in [1.29, 1.82) is 0 Å². The number of aromatic nitrogens is 2. The van der Waals surface area contributed by atoms with E-state index in [1.807, 2.05) is 60.7 Å². The van der Waals surface area contributed by atoms with Crippen molar-refractivity contribution in [3.05, 3.63) is 72.9 Å². The molecule has 0 unspecified atom stereocenters. The first-order valence-corrected chi connectivity index (χ1v) is 5.79. The van der Waals surface area contributed by atoms with E-state index in [0.717, 1.165) is 22.6 Å². The molecule has 0 bridgehead atoms. The van der Waals surface area contributed by atoms with E-state index in [-0.39, 0.29) is 0 Å². The Labute approximate surface area is 106 Å². The lowest BCUT2D eigenvalue weighted by molar-refractivity contribution is 1.25. The zero-order valence-corrected chi connectivity index (χ0v) is 9.75. The fraction of sp³-hybridized carbons (Fsp3) is 0. The Morgan fingerprint density at radius 2 is 1.56 bits per heavy atom. The van der Waals surface area contributed by atoms with Crippen molar-refractivity contribution in [1.82, 2.24) is 9.97 Å². The van der Waals surface area contributed by atoms with Crippen LogP contribution in [-0.2, 0) is 0 Å². The molecule has 2 nitrogen and oxygen atoms in total. The molecule has 0 aliphatic carbocycles. The number of hydrogen-bond donors (Lipinski definition) is 0. The molecule has 0 spiro atoms. The van der Waals surface area contributed by atoms with Gasteiger partial charge in [-0.3, -0.25) is 4.98 Å². The maximum atomic E-state index is 4.62. The van der Waals surface area contributed by atoms with E-state index in [1.165, 1.54) is 0 Å². The highest BCUT2D eigenvalue weighted by Gasteiger charge is 2.03. The molecule has 0 saturated carbocycles. The van der Waals surface area contributed by atoms with Crippen LogP contribution in [0.25, 0.3) is 22.6 Å². The van der Waals surface area contributed by atoms with Crippen LogP contribution < -0.4 is 0 Å². The van der Waals surface area contributed by atoms with Gasteiger partial charge in [0, 0.05) is 11.8 Å². The van der Waals surface area contributed by atoms with Crippen molar-refractivity contribution in [2.75, 3.05) is 0 Å². The minimum atomic E-state index is 0.880. The fourth-order valence-electron chi connectivity index (χ4n) is 1.79. The van der Waals surface area contributed by atoms with E-state index in [1.54, 1.807) is 6.20 Å². The number of benzene rings is 1. The van der Waals surface area contributed by atoms with Crippen molar-refractivity contribution >= 4 is 0 Å². The summed E-state index contributed by atoms with van der Waals surface area (Å²) >= 11 is 0. The summed E-state index contributed by atoms with van der Waals surface area (Å²) in [5.74, 6) is 0. The van der Waals surface area contributed by atoms with Crippen molar-refractivity contribution in [3.8, 4) is 22.6 Å². The van der Waals surface area contributed by atoms with Crippen LogP contribution in [0, 0.1) is 6.07 Å². The smallest absolute Gasteiger partial charge is 0.0893 e. The Morgan fingerprint density at radius 1 is 0.722 bits per heavy atom. The second kappa shape index (κ2) is 4.80. The van der Waals surface area contributed by atoms with Gasteiger partial charge in [0.2, 0.25) is 0 Å². The van der Waals surface area contributed by atoms with Crippen LogP contribution in [0.3, 0.4) is 0 Å². The van der Waals surface area contributed by atoms with Gasteiger partial charge in [-0.2, -0.15) is 0 Å². The molecule has 85 valence electrons. The van der Waals surface area contributed by atoms with E-state index in [0.29, 0.717) is 0 Å². The number of rotatable bonds is 2. The second-order valence-corrected chi connectivity index (χ2v) is 3.90. The number of nitrogens with zero attached hydrogens (tertiary/aromatic N) is 2. The summed E-state index contributed by atoms with van der Waals surface area (Å²) in [4.78, 5) is 8.93. The Kier molecular flexibility index (Phi) is 2.84. The summed E-state index contributed by atoms with van der Waals surface area (Å²) in [6, 6.07) is 22.8. The van der Waals surface area contributed by atoms with Gasteiger partial charge in [0.15, 0.2) is 0 Å². The molecule has 2 heteroatoms. The zero-order valence-electron chi connectivity index (χ0n) is 9.75. The highest BCUT2D eigenvalue weighted by molar-refractivity contribution is 5.63. The minimum absolute atomic E-state index is 0.880. The van der Waals surface area contributed by atoms with Crippen molar-refractivity contribution in [2.24, 2.45) is 0 Å². The molecule has 0 N–H and O–H groups in total. The van der Waals surface area contributed by atoms with Crippen LogP contribution in [-0.4, -0.2) is 9.97 Å². The first-order chi connectivity index (χ1) is 8.93. The zero-order chi connectivity index (χ0) is 12.2. The van der Waals surface area contributed by atoms with Crippen LogP contribution in [0.1, 0.15) is 0 Å². The van der Waals surface area contributed by atoms with E-state index in [4.69, 9.17) is 0 Å². The third-order valence-electron chi connectivity index (χ3n) is 2.66. The van der Waals surface area contributed by atoms with Crippen molar-refractivity contribution in [2.45, 2.75) is 0 Å². The molecule has 18 heavy (non-hydrogen) atoms. The molecule has 2 aromatic heterocycles. The Hall–Kier alpha value is -2.48. The van der Waals surface area contributed by atoms with Crippen LogP contribution >= 0.6 is 0 Å². The van der Waals surface area contributed by atoms with Crippen molar-refractivity contribution < 1.29 is 0 Å². The predicted molar refractivity (Wildman–Crippen MR) is 71.7 cm³/mol. The van der Waals surface area contributed by atoms with E-state index < -0.39 is 0 Å². The molecule has 1 radical (unpaired) electrons. The fourth-order valence-corrected chi connectivity index (χ4v) is 1.79. The Bertz CT molecular complexity index is 579. The molecule has 0 fully saturated rings. The predicted octanol–water partition coefficient (Wildman–Crippen LogP) is 3.61. The maximum Gasteiger partial charge on any atom is 0.0893 e. The van der Waals surface area contributed by atoms with Crippen LogP contribution in [0.5, 0.6) is 0 Å². The van der Waals surface area contributed by atoms with Gasteiger partial charge in [0.05, 0.1) is 17.1 Å². The third kappa shape index (κ3) is 2.13. The Morgan fingerprint density at radius 3 is 2.33 bits per heavy atom. The first kappa shape index (κ1) is 10.7. The van der Waals surface area contributed by atoms with Gasteiger partial charge in [-0.05, 0) is 30.3 Å². The lowest BCUT2D eigenvalue weighted by Gasteiger charge is -2.03. The largest absolute Gasteiger partial charge is 0.255 e. The first-order valence-electron chi connectivity index (χ1n) is 5.79. The average Bonchev–Trinajstić information content (AvgIpc) is 2.49. The molecule has 0 aliphatic rings. The number of pyridine rings is 2. The summed E-state index contributed by atoms with van der Waals surface area (Å²) in [6.07, 6.45) is 1.78. The van der Waals surface area contributed by atoms with Gasteiger partial charge in [0.1, 0.15) is 0 Å². The molecule has 0 aliphatic heterocycles. The average molecular weight is 231 g/mol. The highest BCUT2D eigenvalue weighted by atomic mass is 14.8. The van der Waals surface area contributed by atoms with Gasteiger partial charge in [-0.25, -0.2) is 4.98 Å². The van der Waals surface area contributed by atoms with Crippen molar-refractivity contribution in [3.63, 3.8) is 0 Å². The molecule has 2 heterocycles. The Balaban J connectivity index is 2.05. The topological polar surface area (TPSA) is 25.8 Å². The van der Waals surface area contributed by atoms with Gasteiger partial charge < -0.3 is 0 Å². The summed E-state index contributed by atoms with van der Waals surface area (Å²) < 4.78 is 0. The second-order valence-electron chi connectivity index (χ2n) is 3.90. The molecule has 0 saturated heterocycles. The molecule has 0 amide bonds. The molecule has 0 atom stereocenters. The molecular formula is C16H11N2. The third-order valence-corrected chi connectivity index (χ3v) is 2.66. The molecular weight excluding hydrogens is 220 g/mol. The van der Waals surface area contributed by atoms with Gasteiger partial charge in [-0.15, -0.1) is 0 Å². The van der Waals surface area contributed by atoms with Crippen LogP contribution in [0.4, 0.5) is 0 Å². The van der Waals surface area contributed by atoms with Gasteiger partial charge >= 0.3 is 0 Å². The molecule has 3 aromatic rings. The van der Waals surface area contributed by atoms with Gasteiger partial charge in [-0.1, -0.05) is 36.4 Å². The maximum absolute atomic E-state index is 4.62. The van der Waals surface area contributed by atoms with E-state index in [9.17, 15) is 0 Å². The summed E-state index contributed by atoms with van der Waals surface area (Å²) in [6.45, 7) is 0. The van der Waals surface area contributed by atoms with Crippen LogP contribution in [0.15, 0.2) is 66.9 Å². The summed E-state index contributed by atoms with van der Waals surface area (Å²) in [7, 11) is 0. The normalized spacial score (nSPS) is 10.2. The summed E-state index contributed by atoms with van der Waals surface area (Å²) in [5.41, 5.74) is 3.68. The highest BCUT2D eigenvalue weighted by Crippen LogP contribution is 2.20. The lowest BCUT2D eigenvalue weighted by Crippen LogP contribution is -1.89. The molecule has 3 rings (SSSR count). The standard InChI is InChI=1S/C16H11N2/c1-2-7-13(8-3-1)14-10-6-11-16(18-14)15-9-4-5-12-17-15/h1-7,9-12H. The molecule has 1 aromatic carbocycles.